The third-order valence-corrected chi connectivity index (χ3v) is 3.88. The van der Waals surface area contributed by atoms with Gasteiger partial charge in [0, 0.05) is 42.5 Å². The standard InChI is InChI=1S/C16H18N2O6/c19-15(17-8-14-2-1-5-23-14)4-3-11-6-13(18(20)21)7-12-9-22-10-24-16(11)12/h3-4,6-7,14H,1-2,5,8-10H2,(H,17,19)/b4-3+/t14-/m1/s1. The van der Waals surface area contributed by atoms with Gasteiger partial charge in [0.05, 0.1) is 17.6 Å². The molecule has 2 aliphatic rings. The first-order valence-corrected chi connectivity index (χ1v) is 7.73. The zero-order valence-electron chi connectivity index (χ0n) is 13.0. The third-order valence-electron chi connectivity index (χ3n) is 3.88. The highest BCUT2D eigenvalue weighted by Gasteiger charge is 2.20. The van der Waals surface area contributed by atoms with E-state index in [1.165, 1.54) is 24.3 Å². The van der Waals surface area contributed by atoms with Crippen LogP contribution >= 0.6 is 0 Å². The first-order chi connectivity index (χ1) is 11.6. The summed E-state index contributed by atoms with van der Waals surface area (Å²) in [5.41, 5.74) is 1.01. The van der Waals surface area contributed by atoms with Crippen LogP contribution in [0.3, 0.4) is 0 Å². The average molecular weight is 334 g/mol. The van der Waals surface area contributed by atoms with Crippen molar-refractivity contribution in [3.8, 4) is 5.75 Å². The Morgan fingerprint density at radius 1 is 1.46 bits per heavy atom. The van der Waals surface area contributed by atoms with E-state index in [2.05, 4.69) is 5.32 Å². The van der Waals surface area contributed by atoms with E-state index in [1.807, 2.05) is 0 Å². The molecule has 1 fully saturated rings. The van der Waals surface area contributed by atoms with E-state index in [0.29, 0.717) is 23.4 Å². The molecule has 0 spiro atoms. The number of nitro benzene ring substituents is 1. The van der Waals surface area contributed by atoms with Gasteiger partial charge >= 0.3 is 0 Å². The quantitative estimate of drug-likeness (QED) is 0.500. The lowest BCUT2D eigenvalue weighted by molar-refractivity contribution is -0.385. The average Bonchev–Trinajstić information content (AvgIpc) is 3.11. The van der Waals surface area contributed by atoms with Crippen LogP contribution in [-0.4, -0.2) is 36.9 Å². The predicted molar refractivity (Wildman–Crippen MR) is 84.4 cm³/mol. The number of nitrogens with one attached hydrogen (secondary N) is 1. The van der Waals surface area contributed by atoms with Gasteiger partial charge in [-0.05, 0) is 18.9 Å². The zero-order chi connectivity index (χ0) is 16.9. The molecular weight excluding hydrogens is 316 g/mol. The van der Waals surface area contributed by atoms with Crippen LogP contribution < -0.4 is 10.1 Å². The van der Waals surface area contributed by atoms with Gasteiger partial charge in [-0.15, -0.1) is 0 Å². The van der Waals surface area contributed by atoms with Crippen molar-refractivity contribution >= 4 is 17.7 Å². The summed E-state index contributed by atoms with van der Waals surface area (Å²) in [7, 11) is 0. The molecule has 1 atom stereocenters. The number of benzene rings is 1. The minimum absolute atomic E-state index is 0.0633. The van der Waals surface area contributed by atoms with Crippen molar-refractivity contribution in [3.05, 3.63) is 39.4 Å². The first-order valence-electron chi connectivity index (χ1n) is 7.73. The Morgan fingerprint density at radius 2 is 2.33 bits per heavy atom. The summed E-state index contributed by atoms with van der Waals surface area (Å²) in [6.45, 7) is 1.51. The van der Waals surface area contributed by atoms with E-state index >= 15 is 0 Å². The number of carbonyl (C=O) groups excluding carboxylic acids is 1. The van der Waals surface area contributed by atoms with Crippen molar-refractivity contribution in [3.63, 3.8) is 0 Å². The monoisotopic (exact) mass is 334 g/mol. The lowest BCUT2D eigenvalue weighted by atomic mass is 10.1. The van der Waals surface area contributed by atoms with Crippen LogP contribution in [-0.2, 0) is 20.9 Å². The van der Waals surface area contributed by atoms with Crippen LogP contribution in [0, 0.1) is 10.1 Å². The van der Waals surface area contributed by atoms with Crippen LogP contribution in [0.4, 0.5) is 5.69 Å². The molecule has 1 N–H and O–H groups in total. The zero-order valence-corrected chi connectivity index (χ0v) is 13.0. The Bertz CT molecular complexity index is 667. The van der Waals surface area contributed by atoms with E-state index in [-0.39, 0.29) is 31.1 Å². The second-order valence-corrected chi connectivity index (χ2v) is 5.60. The minimum Gasteiger partial charge on any atom is -0.467 e. The van der Waals surface area contributed by atoms with Crippen molar-refractivity contribution in [2.24, 2.45) is 0 Å². The topological polar surface area (TPSA) is 99.9 Å². The summed E-state index contributed by atoms with van der Waals surface area (Å²) in [5, 5.41) is 13.8. The Hall–Kier alpha value is -2.45. The van der Waals surface area contributed by atoms with E-state index in [1.54, 1.807) is 0 Å². The molecule has 2 heterocycles. The van der Waals surface area contributed by atoms with E-state index in [0.717, 1.165) is 19.4 Å². The van der Waals surface area contributed by atoms with Crippen LogP contribution in [0.2, 0.25) is 0 Å². The molecule has 1 aromatic carbocycles. The van der Waals surface area contributed by atoms with Gasteiger partial charge in [0.2, 0.25) is 5.91 Å². The fraction of sp³-hybridized carbons (Fsp3) is 0.438. The van der Waals surface area contributed by atoms with Crippen molar-refractivity contribution in [2.45, 2.75) is 25.6 Å². The second kappa shape index (κ2) is 7.41. The van der Waals surface area contributed by atoms with Gasteiger partial charge < -0.3 is 19.5 Å². The molecule has 1 saturated heterocycles. The molecule has 0 aromatic heterocycles. The molecule has 0 aliphatic carbocycles. The van der Waals surface area contributed by atoms with Crippen LogP contribution in [0.15, 0.2) is 18.2 Å². The van der Waals surface area contributed by atoms with Crippen LogP contribution in [0.25, 0.3) is 6.08 Å². The van der Waals surface area contributed by atoms with Gasteiger partial charge in [-0.1, -0.05) is 0 Å². The second-order valence-electron chi connectivity index (χ2n) is 5.60. The highest BCUT2D eigenvalue weighted by atomic mass is 16.7. The van der Waals surface area contributed by atoms with E-state index in [4.69, 9.17) is 14.2 Å². The fourth-order valence-electron chi connectivity index (χ4n) is 2.70. The molecule has 0 saturated carbocycles. The normalized spacial score (nSPS) is 19.8. The molecule has 128 valence electrons. The number of non-ortho nitro benzene ring substituents is 1. The molecule has 0 radical (unpaired) electrons. The number of ether oxygens (including phenoxy) is 3. The molecule has 3 rings (SSSR count). The molecule has 1 amide bonds. The van der Waals surface area contributed by atoms with Crippen molar-refractivity contribution < 1.29 is 23.9 Å². The first kappa shape index (κ1) is 16.4. The Balaban J connectivity index is 1.71. The molecule has 0 unspecified atom stereocenters. The van der Waals surface area contributed by atoms with E-state index in [9.17, 15) is 14.9 Å². The Morgan fingerprint density at radius 3 is 3.08 bits per heavy atom. The van der Waals surface area contributed by atoms with Crippen molar-refractivity contribution in [1.82, 2.24) is 5.32 Å². The van der Waals surface area contributed by atoms with Crippen molar-refractivity contribution in [2.75, 3.05) is 19.9 Å². The summed E-state index contributed by atoms with van der Waals surface area (Å²) >= 11 is 0. The molecule has 24 heavy (non-hydrogen) atoms. The largest absolute Gasteiger partial charge is 0.467 e. The maximum atomic E-state index is 11.9. The summed E-state index contributed by atoms with van der Waals surface area (Å²) in [6.07, 6.45) is 4.87. The SMILES string of the molecule is O=C(/C=C/c1cc([N+](=O)[O-])cc2c1OCOC2)NC[C@H]1CCCO1. The highest BCUT2D eigenvalue weighted by Crippen LogP contribution is 2.33. The summed E-state index contributed by atoms with van der Waals surface area (Å²) in [6, 6.07) is 2.80. The molecule has 0 bridgehead atoms. The lowest BCUT2D eigenvalue weighted by Crippen LogP contribution is -2.30. The lowest BCUT2D eigenvalue weighted by Gasteiger charge is -2.19. The Kier molecular flexibility index (Phi) is 5.07. The van der Waals surface area contributed by atoms with Crippen molar-refractivity contribution in [1.29, 1.82) is 0 Å². The summed E-state index contributed by atoms with van der Waals surface area (Å²) in [5.74, 6) is 0.229. The number of nitrogens with zero attached hydrogens (tertiary/aromatic N) is 1. The molecular formula is C16H18N2O6. The number of fused-ring (bicyclic) bond motifs is 1. The molecule has 8 nitrogen and oxygen atoms in total. The van der Waals surface area contributed by atoms with E-state index < -0.39 is 4.92 Å². The Labute approximate surface area is 138 Å². The highest BCUT2D eigenvalue weighted by molar-refractivity contribution is 5.92. The van der Waals surface area contributed by atoms with Gasteiger partial charge in [0.25, 0.3) is 5.69 Å². The van der Waals surface area contributed by atoms with Gasteiger partial charge in [-0.25, -0.2) is 0 Å². The predicted octanol–water partition coefficient (Wildman–Crippen LogP) is 1.77. The molecule has 2 aliphatic heterocycles. The van der Waals surface area contributed by atoms with Gasteiger partial charge in [0.1, 0.15) is 5.75 Å². The van der Waals surface area contributed by atoms with Crippen LogP contribution in [0.5, 0.6) is 5.75 Å². The number of nitro groups is 1. The number of hydrogen-bond acceptors (Lipinski definition) is 6. The smallest absolute Gasteiger partial charge is 0.270 e. The molecule has 1 aromatic rings. The number of amides is 1. The summed E-state index contributed by atoms with van der Waals surface area (Å²) < 4.78 is 16.0. The fourth-order valence-corrected chi connectivity index (χ4v) is 2.70. The number of carbonyl (C=O) groups is 1. The van der Waals surface area contributed by atoms with Gasteiger partial charge in [-0.2, -0.15) is 0 Å². The van der Waals surface area contributed by atoms with Crippen LogP contribution in [0.1, 0.15) is 24.0 Å². The minimum atomic E-state index is -0.482. The molecule has 8 heteroatoms. The number of rotatable bonds is 5. The van der Waals surface area contributed by atoms with Gasteiger partial charge in [-0.3, -0.25) is 14.9 Å². The number of hydrogen-bond donors (Lipinski definition) is 1. The maximum Gasteiger partial charge on any atom is 0.270 e. The van der Waals surface area contributed by atoms with Gasteiger partial charge in [0.15, 0.2) is 6.79 Å². The summed E-state index contributed by atoms with van der Waals surface area (Å²) in [4.78, 5) is 22.5. The third kappa shape index (κ3) is 3.90. The maximum absolute atomic E-state index is 11.9.